The molecule has 2 amide bonds. The third-order valence-corrected chi connectivity index (χ3v) is 9.21. The van der Waals surface area contributed by atoms with Crippen molar-refractivity contribution in [3.05, 3.63) is 130 Å². The highest BCUT2D eigenvalue weighted by Crippen LogP contribution is 2.27. The number of halogens is 1. The number of amides is 2. The Bertz CT molecular complexity index is 1660. The number of hydrogen-bond acceptors (Lipinski definition) is 4. The minimum atomic E-state index is -4.15. The van der Waals surface area contributed by atoms with Gasteiger partial charge in [-0.15, -0.1) is 0 Å². The van der Waals surface area contributed by atoms with Crippen molar-refractivity contribution in [2.75, 3.05) is 17.9 Å². The fraction of sp³-hybridized carbons (Fsp3) is 0.235. The maximum absolute atomic E-state index is 14.4. The maximum atomic E-state index is 14.4. The first-order chi connectivity index (χ1) is 20.5. The Morgan fingerprint density at radius 2 is 1.40 bits per heavy atom. The van der Waals surface area contributed by atoms with E-state index in [1.54, 1.807) is 60.7 Å². The smallest absolute Gasteiger partial charge is 0.264 e. The van der Waals surface area contributed by atoms with Gasteiger partial charge in [0.25, 0.3) is 10.0 Å². The van der Waals surface area contributed by atoms with Crippen LogP contribution in [-0.2, 0) is 32.6 Å². The molecule has 0 spiro atoms. The quantitative estimate of drug-likeness (QED) is 0.229. The Balaban J connectivity index is 1.80. The van der Waals surface area contributed by atoms with Gasteiger partial charge in [0, 0.05) is 25.0 Å². The average molecular weight is 618 g/mol. The van der Waals surface area contributed by atoms with Gasteiger partial charge in [-0.05, 0) is 79.4 Å². The summed E-state index contributed by atoms with van der Waals surface area (Å²) in [6, 6.07) is 27.5. The van der Waals surface area contributed by atoms with E-state index in [1.807, 2.05) is 57.2 Å². The number of rotatable bonds is 11. The zero-order valence-corrected chi connectivity index (χ0v) is 26.3. The van der Waals surface area contributed by atoms with Crippen molar-refractivity contribution < 1.29 is 18.0 Å². The summed E-state index contributed by atoms with van der Waals surface area (Å²) in [5, 5.41) is 3.23. The molecule has 4 aromatic carbocycles. The molecule has 4 aromatic rings. The van der Waals surface area contributed by atoms with Crippen LogP contribution in [0.1, 0.15) is 27.8 Å². The summed E-state index contributed by atoms with van der Waals surface area (Å²) in [7, 11) is -2.63. The van der Waals surface area contributed by atoms with E-state index in [-0.39, 0.29) is 23.8 Å². The van der Waals surface area contributed by atoms with Crippen LogP contribution in [0.15, 0.2) is 102 Å². The first-order valence-corrected chi connectivity index (χ1v) is 15.8. The molecule has 0 aromatic heterocycles. The molecule has 0 aliphatic rings. The Kier molecular flexibility index (Phi) is 10.3. The zero-order valence-electron chi connectivity index (χ0n) is 24.7. The fourth-order valence-corrected chi connectivity index (χ4v) is 6.49. The van der Waals surface area contributed by atoms with Crippen LogP contribution >= 0.6 is 11.6 Å². The van der Waals surface area contributed by atoms with Crippen molar-refractivity contribution in [2.24, 2.45) is 0 Å². The van der Waals surface area contributed by atoms with Crippen LogP contribution in [0.3, 0.4) is 0 Å². The molecule has 0 saturated heterocycles. The molecule has 1 atom stereocenters. The Morgan fingerprint density at radius 3 is 1.98 bits per heavy atom. The second-order valence-corrected chi connectivity index (χ2v) is 12.9. The average Bonchev–Trinajstić information content (AvgIpc) is 2.98. The van der Waals surface area contributed by atoms with Crippen LogP contribution in [0.2, 0.25) is 5.02 Å². The second-order valence-electron chi connectivity index (χ2n) is 10.6. The number of nitrogens with one attached hydrogen (secondary N) is 1. The molecule has 0 heterocycles. The van der Waals surface area contributed by atoms with Crippen LogP contribution < -0.4 is 9.62 Å². The van der Waals surface area contributed by atoms with Gasteiger partial charge in [0.1, 0.15) is 12.6 Å². The highest BCUT2D eigenvalue weighted by molar-refractivity contribution is 7.92. The monoisotopic (exact) mass is 617 g/mol. The van der Waals surface area contributed by atoms with Gasteiger partial charge in [-0.25, -0.2) is 8.42 Å². The normalized spacial score (nSPS) is 11.9. The van der Waals surface area contributed by atoms with Gasteiger partial charge in [-0.1, -0.05) is 77.8 Å². The Hall–Kier alpha value is -4.14. The Labute approximate surface area is 259 Å². The van der Waals surface area contributed by atoms with Crippen molar-refractivity contribution in [1.29, 1.82) is 0 Å². The summed E-state index contributed by atoms with van der Waals surface area (Å²) >= 11 is 6.12. The number of anilines is 1. The molecule has 0 radical (unpaired) electrons. The van der Waals surface area contributed by atoms with E-state index in [2.05, 4.69) is 5.32 Å². The molecule has 0 fully saturated rings. The number of hydrogen-bond donors (Lipinski definition) is 1. The molecule has 0 aliphatic heterocycles. The summed E-state index contributed by atoms with van der Waals surface area (Å²) in [6.45, 7) is 5.20. The molecule has 0 aliphatic carbocycles. The van der Waals surface area contributed by atoms with E-state index < -0.39 is 28.5 Å². The lowest BCUT2D eigenvalue weighted by molar-refractivity contribution is -0.139. The lowest BCUT2D eigenvalue weighted by atomic mass is 10.0. The zero-order chi connectivity index (χ0) is 31.1. The SMILES string of the molecule is CNC(=O)[C@@H](Cc1ccccc1)N(Cc1ccc(Cl)cc1)C(=O)CN(c1cc(C)cc(C)c1)S(=O)(=O)c1ccc(C)cc1. The maximum Gasteiger partial charge on any atom is 0.264 e. The number of benzene rings is 4. The molecule has 0 unspecified atom stereocenters. The van der Waals surface area contributed by atoms with E-state index in [4.69, 9.17) is 11.6 Å². The van der Waals surface area contributed by atoms with Gasteiger partial charge in [0.2, 0.25) is 11.8 Å². The van der Waals surface area contributed by atoms with Crippen LogP contribution in [0, 0.1) is 20.8 Å². The van der Waals surface area contributed by atoms with Gasteiger partial charge < -0.3 is 10.2 Å². The van der Waals surface area contributed by atoms with Crippen molar-refractivity contribution in [1.82, 2.24) is 10.2 Å². The van der Waals surface area contributed by atoms with Crippen molar-refractivity contribution in [2.45, 2.75) is 44.7 Å². The fourth-order valence-electron chi connectivity index (χ4n) is 4.97. The van der Waals surface area contributed by atoms with Crippen molar-refractivity contribution in [3.8, 4) is 0 Å². The number of carbonyl (C=O) groups excluding carboxylic acids is 2. The van der Waals surface area contributed by atoms with Gasteiger partial charge in [0.15, 0.2) is 0 Å². The van der Waals surface area contributed by atoms with Crippen molar-refractivity contribution in [3.63, 3.8) is 0 Å². The molecule has 224 valence electrons. The second kappa shape index (κ2) is 13.9. The topological polar surface area (TPSA) is 86.8 Å². The molecule has 9 heteroatoms. The number of nitrogens with zero attached hydrogens (tertiary/aromatic N) is 2. The van der Waals surface area contributed by atoms with Crippen LogP contribution in [0.25, 0.3) is 0 Å². The highest BCUT2D eigenvalue weighted by atomic mass is 35.5. The third-order valence-electron chi connectivity index (χ3n) is 7.17. The number of carbonyl (C=O) groups is 2. The minimum Gasteiger partial charge on any atom is -0.357 e. The number of sulfonamides is 1. The highest BCUT2D eigenvalue weighted by Gasteiger charge is 2.34. The largest absolute Gasteiger partial charge is 0.357 e. The first-order valence-electron chi connectivity index (χ1n) is 13.9. The third kappa shape index (κ3) is 8.03. The standard InChI is InChI=1S/C34H36ClN3O4S/c1-24-10-16-31(17-11-24)43(41,42)38(30-19-25(2)18-26(3)20-30)23-33(39)37(22-28-12-14-29(35)15-13-28)32(34(40)36-4)21-27-8-6-5-7-9-27/h5-20,32H,21-23H2,1-4H3,(H,36,40)/t32-/m1/s1. The van der Waals surface area contributed by atoms with Gasteiger partial charge in [-0.3, -0.25) is 13.9 Å². The molecule has 43 heavy (non-hydrogen) atoms. The molecule has 4 rings (SSSR count). The van der Waals surface area contributed by atoms with Gasteiger partial charge in [-0.2, -0.15) is 0 Å². The summed E-state index contributed by atoms with van der Waals surface area (Å²) in [4.78, 5) is 29.2. The van der Waals surface area contributed by atoms with E-state index in [0.717, 1.165) is 32.1 Å². The summed E-state index contributed by atoms with van der Waals surface area (Å²) in [5.41, 5.74) is 4.62. The molecule has 0 bridgehead atoms. The van der Waals surface area contributed by atoms with E-state index in [0.29, 0.717) is 10.7 Å². The lowest BCUT2D eigenvalue weighted by Crippen LogP contribution is -2.53. The molecule has 1 N–H and O–H groups in total. The molecular formula is C34H36ClN3O4S. The minimum absolute atomic E-state index is 0.0708. The van der Waals surface area contributed by atoms with Crippen LogP contribution in [0.4, 0.5) is 5.69 Å². The predicted molar refractivity (Wildman–Crippen MR) is 172 cm³/mol. The molecule has 7 nitrogen and oxygen atoms in total. The predicted octanol–water partition coefficient (Wildman–Crippen LogP) is 5.85. The number of likely N-dealkylation sites (N-methyl/N-ethyl adjacent to an activating group) is 1. The first kappa shape index (κ1) is 31.8. The number of aryl methyl sites for hydroxylation is 3. The van der Waals surface area contributed by atoms with E-state index in [9.17, 15) is 18.0 Å². The van der Waals surface area contributed by atoms with E-state index in [1.165, 1.54) is 11.9 Å². The molecule has 0 saturated carbocycles. The van der Waals surface area contributed by atoms with Gasteiger partial charge in [0.05, 0.1) is 10.6 Å². The summed E-state index contributed by atoms with van der Waals surface area (Å²) < 4.78 is 29.4. The van der Waals surface area contributed by atoms with Crippen LogP contribution in [0.5, 0.6) is 0 Å². The van der Waals surface area contributed by atoms with Crippen LogP contribution in [-0.4, -0.2) is 44.8 Å². The molecular weight excluding hydrogens is 582 g/mol. The van der Waals surface area contributed by atoms with E-state index >= 15 is 0 Å². The van der Waals surface area contributed by atoms with Crippen molar-refractivity contribution >= 4 is 39.1 Å². The van der Waals surface area contributed by atoms with Gasteiger partial charge >= 0.3 is 0 Å². The summed E-state index contributed by atoms with van der Waals surface area (Å²) in [5.74, 6) is -0.875. The lowest BCUT2D eigenvalue weighted by Gasteiger charge is -2.33. The Morgan fingerprint density at radius 1 is 0.791 bits per heavy atom. The summed E-state index contributed by atoms with van der Waals surface area (Å²) in [6.07, 6.45) is 0.244.